The smallest absolute Gasteiger partial charge is 0 e. The van der Waals surface area contributed by atoms with Crippen LogP contribution in [0.1, 0.15) is 50.7 Å². The molecule has 0 bridgehead atoms. The van der Waals surface area contributed by atoms with E-state index in [-0.39, 0.29) is 25.9 Å². The second-order valence-electron chi connectivity index (χ2n) is 16.2. The summed E-state index contributed by atoms with van der Waals surface area (Å²) < 4.78 is 23.9. The Bertz CT molecular complexity index is 2810. The second kappa shape index (κ2) is 17.0. The molecule has 58 heavy (non-hydrogen) atoms. The van der Waals surface area contributed by atoms with Gasteiger partial charge in [0.05, 0.1) is 22.4 Å². The van der Waals surface area contributed by atoms with Crippen molar-refractivity contribution in [3.05, 3.63) is 169 Å². The van der Waals surface area contributed by atoms with E-state index in [9.17, 15) is 4.39 Å². The van der Waals surface area contributed by atoms with Crippen molar-refractivity contribution < 1.29 is 28.9 Å². The Morgan fingerprint density at radius 3 is 2.05 bits per heavy atom. The van der Waals surface area contributed by atoms with Gasteiger partial charge in [-0.1, -0.05) is 93.2 Å². The van der Waals surface area contributed by atoms with E-state index >= 15 is 0 Å². The number of imidazole rings is 1. The van der Waals surface area contributed by atoms with Gasteiger partial charge >= 0.3 is 99.8 Å². The van der Waals surface area contributed by atoms with Gasteiger partial charge in [-0.15, -0.1) is 18.2 Å². The molecule has 0 aliphatic rings. The largest absolute Gasteiger partial charge is 0 e. The van der Waals surface area contributed by atoms with Crippen LogP contribution in [0.2, 0.25) is 17.3 Å². The number of nitrogens with zero attached hydrogens (tertiary/aromatic N) is 3. The van der Waals surface area contributed by atoms with Gasteiger partial charge in [-0.25, -0.2) is 4.39 Å². The van der Waals surface area contributed by atoms with Gasteiger partial charge in [-0.05, 0) is 64.4 Å². The van der Waals surface area contributed by atoms with E-state index < -0.39 is 13.3 Å². The van der Waals surface area contributed by atoms with Gasteiger partial charge in [-0.3, -0.25) is 4.98 Å². The Labute approximate surface area is 356 Å². The number of pyridine rings is 1. The minimum atomic E-state index is -1.72. The number of aromatic nitrogens is 3. The molecule has 0 amide bonds. The Morgan fingerprint density at radius 2 is 1.40 bits per heavy atom. The number of halogens is 1. The maximum atomic E-state index is 13.5. The number of benzene rings is 6. The molecule has 3 aromatic heterocycles. The molecule has 1 radical (unpaired) electrons. The van der Waals surface area contributed by atoms with E-state index in [2.05, 4.69) is 133 Å². The molecule has 0 aliphatic carbocycles. The van der Waals surface area contributed by atoms with E-state index in [0.717, 1.165) is 66.7 Å². The first-order chi connectivity index (χ1) is 27.5. The fourth-order valence-corrected chi connectivity index (χ4v) is 9.64. The number of furan rings is 1. The van der Waals surface area contributed by atoms with Crippen molar-refractivity contribution in [3.63, 3.8) is 0 Å². The summed E-state index contributed by atoms with van der Waals surface area (Å²) in [5, 5.41) is 2.04. The monoisotopic (exact) mass is 1000 g/mol. The molecule has 0 saturated carbocycles. The van der Waals surface area contributed by atoms with Crippen LogP contribution in [0.3, 0.4) is 0 Å². The number of rotatable bonds is 7. The molecule has 4 nitrogen and oxygen atoms in total. The average molecular weight is 1000 g/mol. The summed E-state index contributed by atoms with van der Waals surface area (Å²) in [5.41, 5.74) is 12.1. The molecule has 0 atom stereocenters. The van der Waals surface area contributed by atoms with Crippen LogP contribution in [-0.4, -0.2) is 27.8 Å². The Morgan fingerprint density at radius 1 is 0.690 bits per heavy atom. The van der Waals surface area contributed by atoms with Gasteiger partial charge in [0, 0.05) is 31.2 Å². The minimum Gasteiger partial charge on any atom is 0 e. The quantitative estimate of drug-likeness (QED) is 0.118. The van der Waals surface area contributed by atoms with Gasteiger partial charge in [0.25, 0.3) is 0 Å². The van der Waals surface area contributed by atoms with E-state index in [0.29, 0.717) is 11.8 Å². The standard InChI is InChI=1S/C37H30FN2O.C14H16GeN.Ir/c1-22(2)27-9-7-10-28(23(3)4)35(27)40-33-14-6-5-13-32(33)39-37(40)31-12-8-11-30-29-20-17-25(21-34(29)41-36(30)31)24-15-18-26(38)19-16-24;1-15(2,3)13-9-10-14(16-11-13)12-7-5-4-6-8-12;/h5-11,13-23H,1-4H3;4-7,9-11H,1-3H3;/q2*-1;. The van der Waals surface area contributed by atoms with E-state index in [1.54, 1.807) is 12.1 Å². The molecule has 0 unspecified atom stereocenters. The fraction of sp³-hybridized carbons (Fsp3) is 0.176. The van der Waals surface area contributed by atoms with Crippen LogP contribution in [0.5, 0.6) is 0 Å². The molecule has 0 spiro atoms. The zero-order chi connectivity index (χ0) is 39.8. The first-order valence-electron chi connectivity index (χ1n) is 19.7. The van der Waals surface area contributed by atoms with Crippen molar-refractivity contribution in [1.82, 2.24) is 14.5 Å². The van der Waals surface area contributed by atoms with Crippen molar-refractivity contribution in [2.45, 2.75) is 56.8 Å². The minimum absolute atomic E-state index is 0. The maximum absolute atomic E-state index is 13.5. The first-order valence-corrected chi connectivity index (χ1v) is 27.0. The summed E-state index contributed by atoms with van der Waals surface area (Å²) in [6.45, 7) is 8.97. The predicted molar refractivity (Wildman–Crippen MR) is 238 cm³/mol. The van der Waals surface area contributed by atoms with Crippen LogP contribution in [0.4, 0.5) is 4.39 Å². The third-order valence-electron chi connectivity index (χ3n) is 10.6. The van der Waals surface area contributed by atoms with Crippen LogP contribution in [0.15, 0.2) is 144 Å². The summed E-state index contributed by atoms with van der Waals surface area (Å²) in [7, 11) is 0. The van der Waals surface area contributed by atoms with E-state index in [1.165, 1.54) is 33.3 Å². The molecule has 0 aliphatic heterocycles. The first kappa shape index (κ1) is 41.0. The number of hydrogen-bond acceptors (Lipinski definition) is 3. The molecule has 3 heterocycles. The molecule has 0 fully saturated rings. The van der Waals surface area contributed by atoms with Crippen molar-refractivity contribution in [3.8, 4) is 39.5 Å². The van der Waals surface area contributed by atoms with Gasteiger partial charge in [0.2, 0.25) is 0 Å². The van der Waals surface area contributed by atoms with Crippen molar-refractivity contribution in [1.29, 1.82) is 0 Å². The fourth-order valence-electron chi connectivity index (χ4n) is 7.47. The van der Waals surface area contributed by atoms with Crippen molar-refractivity contribution in [2.75, 3.05) is 0 Å². The van der Waals surface area contributed by atoms with Gasteiger partial charge in [0.15, 0.2) is 0 Å². The molecular weight excluding hydrogens is 954 g/mol. The third-order valence-corrected chi connectivity index (χ3v) is 14.8. The van der Waals surface area contributed by atoms with Gasteiger partial charge in [-0.2, -0.15) is 0 Å². The van der Waals surface area contributed by atoms with E-state index in [1.807, 2.05) is 48.7 Å². The van der Waals surface area contributed by atoms with Gasteiger partial charge in [0.1, 0.15) is 11.4 Å². The van der Waals surface area contributed by atoms with Crippen molar-refractivity contribution >= 4 is 50.6 Å². The average Bonchev–Trinajstić information content (AvgIpc) is 3.79. The molecule has 293 valence electrons. The normalized spacial score (nSPS) is 11.6. The summed E-state index contributed by atoms with van der Waals surface area (Å²) in [6.07, 6.45) is 2.04. The zero-order valence-electron chi connectivity index (χ0n) is 33.9. The number of hydrogen-bond donors (Lipinski definition) is 0. The molecule has 0 N–H and O–H groups in total. The Hall–Kier alpha value is -5.14. The molecule has 7 heteroatoms. The Balaban J connectivity index is 0.000000254. The van der Waals surface area contributed by atoms with Crippen LogP contribution >= 0.6 is 0 Å². The topological polar surface area (TPSA) is 43.9 Å². The predicted octanol–water partition coefficient (Wildman–Crippen LogP) is 13.5. The van der Waals surface area contributed by atoms with Crippen LogP contribution < -0.4 is 4.40 Å². The van der Waals surface area contributed by atoms with Crippen LogP contribution in [-0.2, 0) is 20.1 Å². The summed E-state index contributed by atoms with van der Waals surface area (Å²) >= 11 is -1.72. The molecule has 6 aromatic carbocycles. The van der Waals surface area contributed by atoms with E-state index in [4.69, 9.17) is 9.40 Å². The summed E-state index contributed by atoms with van der Waals surface area (Å²) in [5.74, 6) is 8.36. The second-order valence-corrected chi connectivity index (χ2v) is 26.9. The van der Waals surface area contributed by atoms with Crippen LogP contribution in [0.25, 0.3) is 72.4 Å². The van der Waals surface area contributed by atoms with Crippen LogP contribution in [0, 0.1) is 17.9 Å². The number of fused-ring (bicyclic) bond motifs is 4. The zero-order valence-corrected chi connectivity index (χ0v) is 38.4. The summed E-state index contributed by atoms with van der Waals surface area (Å²) in [4.78, 5) is 9.72. The molecule has 9 aromatic rings. The molecule has 9 rings (SSSR count). The molecule has 0 saturated heterocycles. The molecular formula is C51H46FGeIrN3O-2. The number of para-hydroxylation sites is 3. The van der Waals surface area contributed by atoms with Gasteiger partial charge < -0.3 is 8.98 Å². The van der Waals surface area contributed by atoms with Crippen molar-refractivity contribution in [2.24, 2.45) is 0 Å². The summed E-state index contributed by atoms with van der Waals surface area (Å²) in [6, 6.07) is 50.6. The Kier molecular flexibility index (Phi) is 12.0. The maximum Gasteiger partial charge on any atom is 0 e. The SMILES string of the molecule is CC(C)c1cccc(C(C)C)c1-n1c(-c2[c-]ccc3c2oc2cc(-c4ccc(F)cc4)ccc23)nc2ccccc21.[CH3][Ge]([CH3])([CH3])[c]1ccc(-c2[c-]cccc2)nc1.[Ir]. The third kappa shape index (κ3) is 8.11.